The fourth-order valence-corrected chi connectivity index (χ4v) is 5.81. The van der Waals surface area contributed by atoms with Crippen molar-refractivity contribution in [2.24, 2.45) is 0 Å². The molecule has 3 aromatic carbocycles. The summed E-state index contributed by atoms with van der Waals surface area (Å²) in [4.78, 5) is 46.2. The van der Waals surface area contributed by atoms with Gasteiger partial charge in [-0.25, -0.2) is 0 Å². The Morgan fingerprint density at radius 2 is 1.38 bits per heavy atom. The molecule has 2 fully saturated rings. The molecule has 2 saturated heterocycles. The molecule has 3 aromatic rings. The lowest BCUT2D eigenvalue weighted by atomic mass is 10.1. The average molecular weight is 569 g/mol. The molecule has 9 heteroatoms. The number of nitrogens with one attached hydrogen (secondary N) is 1. The van der Waals surface area contributed by atoms with Crippen LogP contribution in [0.2, 0.25) is 0 Å². The summed E-state index contributed by atoms with van der Waals surface area (Å²) in [6, 6.07) is 18.3. The molecule has 3 heterocycles. The molecule has 3 aliphatic rings. The lowest BCUT2D eigenvalue weighted by Crippen LogP contribution is -2.38. The van der Waals surface area contributed by atoms with Crippen molar-refractivity contribution < 1.29 is 23.9 Å². The molecule has 0 unspecified atom stereocenters. The smallest absolute Gasteiger partial charge is 0.256 e. The Bertz CT molecular complexity index is 1480. The first-order chi connectivity index (χ1) is 20.5. The number of aryl methyl sites for hydroxylation is 1. The molecule has 0 atom stereocenters. The van der Waals surface area contributed by atoms with Crippen molar-refractivity contribution in [2.75, 3.05) is 56.3 Å². The number of piperidine rings is 1. The highest BCUT2D eigenvalue weighted by molar-refractivity contribution is 6.06. The van der Waals surface area contributed by atoms with Crippen LogP contribution in [0.25, 0.3) is 0 Å². The van der Waals surface area contributed by atoms with Crippen LogP contribution in [-0.4, -0.2) is 73.6 Å². The number of anilines is 2. The SMILES string of the molecule is Cc1ccc(C(=O)N2CCCN(c3ccc(NC(=O)c4ccc5c(c4)OCO5)cc3C(=O)N3CCCCC3)CC2)cc1. The van der Waals surface area contributed by atoms with Crippen molar-refractivity contribution >= 4 is 29.1 Å². The predicted octanol–water partition coefficient (Wildman–Crippen LogP) is 4.95. The molecule has 0 aliphatic carbocycles. The van der Waals surface area contributed by atoms with Gasteiger partial charge in [0, 0.05) is 61.8 Å². The van der Waals surface area contributed by atoms with E-state index in [2.05, 4.69) is 10.2 Å². The zero-order valence-corrected chi connectivity index (χ0v) is 23.9. The van der Waals surface area contributed by atoms with Crippen LogP contribution < -0.4 is 19.7 Å². The molecule has 3 aliphatic heterocycles. The third-order valence-electron chi connectivity index (χ3n) is 8.19. The first kappa shape index (κ1) is 27.6. The third-order valence-corrected chi connectivity index (χ3v) is 8.19. The Hall–Kier alpha value is -4.53. The van der Waals surface area contributed by atoms with Crippen LogP contribution in [0.3, 0.4) is 0 Å². The van der Waals surface area contributed by atoms with Crippen LogP contribution in [0, 0.1) is 6.92 Å². The van der Waals surface area contributed by atoms with Crippen LogP contribution >= 0.6 is 0 Å². The Morgan fingerprint density at radius 3 is 2.19 bits per heavy atom. The normalized spacial score (nSPS) is 16.6. The van der Waals surface area contributed by atoms with E-state index in [1.807, 2.05) is 53.1 Å². The summed E-state index contributed by atoms with van der Waals surface area (Å²) in [5.74, 6) is 0.859. The van der Waals surface area contributed by atoms with Gasteiger partial charge in [-0.15, -0.1) is 0 Å². The van der Waals surface area contributed by atoms with Crippen LogP contribution in [0.4, 0.5) is 11.4 Å². The van der Waals surface area contributed by atoms with Gasteiger partial charge in [0.1, 0.15) is 0 Å². The van der Waals surface area contributed by atoms with Crippen molar-refractivity contribution in [3.63, 3.8) is 0 Å². The van der Waals surface area contributed by atoms with Gasteiger partial charge < -0.3 is 29.5 Å². The number of hydrogen-bond donors (Lipinski definition) is 1. The molecule has 9 nitrogen and oxygen atoms in total. The Labute approximate surface area is 246 Å². The van der Waals surface area contributed by atoms with Gasteiger partial charge in [0.2, 0.25) is 6.79 Å². The molecule has 0 bridgehead atoms. The molecule has 0 spiro atoms. The van der Waals surface area contributed by atoms with E-state index >= 15 is 0 Å². The van der Waals surface area contributed by atoms with Crippen molar-refractivity contribution in [1.29, 1.82) is 0 Å². The van der Waals surface area contributed by atoms with E-state index in [4.69, 9.17) is 9.47 Å². The molecule has 0 radical (unpaired) electrons. The van der Waals surface area contributed by atoms with Crippen LogP contribution in [0.5, 0.6) is 11.5 Å². The number of amides is 3. The molecule has 0 aromatic heterocycles. The summed E-state index contributed by atoms with van der Waals surface area (Å²) < 4.78 is 10.8. The maximum Gasteiger partial charge on any atom is 0.256 e. The topological polar surface area (TPSA) is 91.4 Å². The first-order valence-electron chi connectivity index (χ1n) is 14.7. The van der Waals surface area contributed by atoms with Crippen molar-refractivity contribution in [3.8, 4) is 11.5 Å². The fraction of sp³-hybridized carbons (Fsp3) is 0.364. The van der Waals surface area contributed by atoms with E-state index in [-0.39, 0.29) is 24.5 Å². The number of carbonyl (C=O) groups excluding carboxylic acids is 3. The maximum absolute atomic E-state index is 13.9. The third kappa shape index (κ3) is 5.91. The second-order valence-corrected chi connectivity index (χ2v) is 11.1. The first-order valence-corrected chi connectivity index (χ1v) is 14.7. The minimum atomic E-state index is -0.294. The van der Waals surface area contributed by atoms with Crippen molar-refractivity contribution in [2.45, 2.75) is 32.6 Å². The summed E-state index contributed by atoms with van der Waals surface area (Å²) in [5, 5.41) is 2.96. The minimum Gasteiger partial charge on any atom is -0.454 e. The lowest BCUT2D eigenvalue weighted by Gasteiger charge is -2.30. The highest BCUT2D eigenvalue weighted by Gasteiger charge is 2.27. The van der Waals surface area contributed by atoms with Gasteiger partial charge in [-0.3, -0.25) is 14.4 Å². The standard InChI is InChI=1S/C33H36N4O5/c1-23-6-8-24(9-7-23)32(39)37-17-5-16-35(18-19-37)28-12-11-26(21-27(28)33(40)36-14-3-2-4-15-36)34-31(38)25-10-13-29-30(20-25)42-22-41-29/h6-13,20-21H,2-5,14-19,22H2,1H3,(H,34,38). The van der Waals surface area contributed by atoms with Crippen LogP contribution in [-0.2, 0) is 0 Å². The lowest BCUT2D eigenvalue weighted by molar-refractivity contribution is 0.0723. The van der Waals surface area contributed by atoms with Gasteiger partial charge in [0.25, 0.3) is 17.7 Å². The van der Waals surface area contributed by atoms with E-state index < -0.39 is 0 Å². The number of ether oxygens (including phenoxy) is 2. The highest BCUT2D eigenvalue weighted by atomic mass is 16.7. The number of rotatable bonds is 5. The maximum atomic E-state index is 13.9. The Morgan fingerprint density at radius 1 is 0.667 bits per heavy atom. The Balaban J connectivity index is 1.23. The van der Waals surface area contributed by atoms with E-state index in [0.29, 0.717) is 53.5 Å². The second-order valence-electron chi connectivity index (χ2n) is 11.1. The van der Waals surface area contributed by atoms with E-state index in [0.717, 1.165) is 56.6 Å². The summed E-state index contributed by atoms with van der Waals surface area (Å²) in [6.07, 6.45) is 3.89. The van der Waals surface area contributed by atoms with Gasteiger partial charge in [-0.05, 0) is 81.1 Å². The average Bonchev–Trinajstić information content (AvgIpc) is 3.36. The van der Waals surface area contributed by atoms with Gasteiger partial charge >= 0.3 is 0 Å². The highest BCUT2D eigenvalue weighted by Crippen LogP contribution is 2.33. The molecule has 0 saturated carbocycles. The van der Waals surface area contributed by atoms with Gasteiger partial charge in [0.15, 0.2) is 11.5 Å². The predicted molar refractivity (Wildman–Crippen MR) is 161 cm³/mol. The molecular weight excluding hydrogens is 532 g/mol. The van der Waals surface area contributed by atoms with E-state index in [1.54, 1.807) is 24.3 Å². The Kier molecular flexibility index (Phi) is 7.99. The van der Waals surface area contributed by atoms with E-state index in [1.165, 1.54) is 0 Å². The van der Waals surface area contributed by atoms with E-state index in [9.17, 15) is 14.4 Å². The fourth-order valence-electron chi connectivity index (χ4n) is 5.81. The van der Waals surface area contributed by atoms with Gasteiger partial charge in [0.05, 0.1) is 5.56 Å². The minimum absolute atomic E-state index is 0.0271. The van der Waals surface area contributed by atoms with Crippen LogP contribution in [0.15, 0.2) is 60.7 Å². The zero-order chi connectivity index (χ0) is 29.1. The number of carbonyl (C=O) groups is 3. The summed E-state index contributed by atoms with van der Waals surface area (Å²) in [7, 11) is 0. The number of nitrogens with zero attached hydrogens (tertiary/aromatic N) is 3. The summed E-state index contributed by atoms with van der Waals surface area (Å²) >= 11 is 0. The van der Waals surface area contributed by atoms with Gasteiger partial charge in [-0.2, -0.15) is 0 Å². The molecule has 1 N–H and O–H groups in total. The number of hydrogen-bond acceptors (Lipinski definition) is 6. The monoisotopic (exact) mass is 568 g/mol. The number of fused-ring (bicyclic) bond motifs is 1. The molecule has 42 heavy (non-hydrogen) atoms. The second kappa shape index (κ2) is 12.1. The molecular formula is C33H36N4O5. The van der Waals surface area contributed by atoms with Gasteiger partial charge in [-0.1, -0.05) is 17.7 Å². The van der Waals surface area contributed by atoms with Crippen molar-refractivity contribution in [3.05, 3.63) is 82.9 Å². The van der Waals surface area contributed by atoms with Crippen LogP contribution in [0.1, 0.15) is 62.3 Å². The summed E-state index contributed by atoms with van der Waals surface area (Å²) in [5.41, 5.74) is 4.20. The van der Waals surface area contributed by atoms with Crippen molar-refractivity contribution in [1.82, 2.24) is 9.80 Å². The zero-order valence-electron chi connectivity index (χ0n) is 23.9. The molecule has 6 rings (SSSR count). The quantitative estimate of drug-likeness (QED) is 0.468. The number of benzene rings is 3. The number of likely N-dealkylation sites (tertiary alicyclic amines) is 1. The molecule has 218 valence electrons. The largest absolute Gasteiger partial charge is 0.454 e. The molecule has 3 amide bonds. The summed E-state index contributed by atoms with van der Waals surface area (Å²) in [6.45, 7) is 6.15.